The highest BCUT2D eigenvalue weighted by molar-refractivity contribution is 5.73. The Hall–Kier alpha value is -1.39. The monoisotopic (exact) mass is 259 g/mol. The van der Waals surface area contributed by atoms with E-state index in [1.54, 1.807) is 0 Å². The minimum atomic E-state index is -0.0407. The van der Waals surface area contributed by atoms with Crippen LogP contribution in [0, 0.1) is 5.41 Å². The molecule has 2 heterocycles. The summed E-state index contributed by atoms with van der Waals surface area (Å²) in [7, 11) is 0. The van der Waals surface area contributed by atoms with Gasteiger partial charge in [0.1, 0.15) is 5.52 Å². The molecule has 0 atom stereocenters. The first kappa shape index (κ1) is 11.4. The van der Waals surface area contributed by atoms with Crippen LogP contribution in [0.4, 0.5) is 0 Å². The molecule has 0 radical (unpaired) electrons. The van der Waals surface area contributed by atoms with Gasteiger partial charge in [-0.1, -0.05) is 12.5 Å². The zero-order valence-electron chi connectivity index (χ0n) is 10.8. The normalized spacial score (nSPS) is 23.8. The van der Waals surface area contributed by atoms with Gasteiger partial charge in [0, 0.05) is 17.4 Å². The van der Waals surface area contributed by atoms with E-state index in [-0.39, 0.29) is 17.4 Å². The van der Waals surface area contributed by atoms with E-state index in [1.165, 1.54) is 18.4 Å². The average molecular weight is 259 g/mol. The Kier molecular flexibility index (Phi) is 2.29. The van der Waals surface area contributed by atoms with E-state index in [0.717, 1.165) is 23.9 Å². The summed E-state index contributed by atoms with van der Waals surface area (Å²) >= 11 is 0. The third kappa shape index (κ3) is 1.33. The van der Waals surface area contributed by atoms with Crippen molar-refractivity contribution in [2.24, 2.45) is 5.41 Å². The van der Waals surface area contributed by atoms with Crippen LogP contribution in [0.15, 0.2) is 29.0 Å². The van der Waals surface area contributed by atoms with Crippen LogP contribution in [-0.2, 0) is 10.2 Å². The Balaban J connectivity index is 1.83. The first-order chi connectivity index (χ1) is 9.30. The summed E-state index contributed by atoms with van der Waals surface area (Å²) < 4.78 is 10.9. The number of fused-ring (bicyclic) bond motifs is 1. The number of oxazole rings is 1. The van der Waals surface area contributed by atoms with Gasteiger partial charge in [0.15, 0.2) is 12.0 Å². The van der Waals surface area contributed by atoms with Crippen LogP contribution in [0.3, 0.4) is 0 Å². The molecule has 1 N–H and O–H groups in total. The number of aromatic nitrogens is 1. The van der Waals surface area contributed by atoms with Gasteiger partial charge in [-0.3, -0.25) is 0 Å². The van der Waals surface area contributed by atoms with E-state index in [2.05, 4.69) is 17.1 Å². The second-order valence-electron chi connectivity index (χ2n) is 5.90. The lowest BCUT2D eigenvalue weighted by atomic mass is 9.50. The van der Waals surface area contributed by atoms with Crippen LogP contribution in [0.2, 0.25) is 0 Å². The van der Waals surface area contributed by atoms with Gasteiger partial charge in [-0.15, -0.1) is 0 Å². The summed E-state index contributed by atoms with van der Waals surface area (Å²) in [5, 5.41) is 9.88. The summed E-state index contributed by atoms with van der Waals surface area (Å²) in [5.74, 6) is 0. The maximum absolute atomic E-state index is 9.88. The molecular weight excluding hydrogens is 242 g/mol. The number of ether oxygens (including phenoxy) is 1. The predicted octanol–water partition coefficient (Wildman–Crippen LogP) is 2.26. The molecule has 4 nitrogen and oxygen atoms in total. The average Bonchev–Trinajstić information content (AvgIpc) is 2.78. The van der Waals surface area contributed by atoms with Crippen LogP contribution in [0.25, 0.3) is 11.1 Å². The second kappa shape index (κ2) is 3.81. The van der Waals surface area contributed by atoms with Gasteiger partial charge in [-0.25, -0.2) is 4.98 Å². The third-order valence-electron chi connectivity index (χ3n) is 5.21. The molecule has 2 fully saturated rings. The van der Waals surface area contributed by atoms with E-state index < -0.39 is 0 Å². The Morgan fingerprint density at radius 2 is 2.11 bits per heavy atom. The highest BCUT2D eigenvalue weighted by Gasteiger charge is 2.59. The summed E-state index contributed by atoms with van der Waals surface area (Å²) in [6.45, 7) is 1.64. The van der Waals surface area contributed by atoms with Crippen molar-refractivity contribution in [1.82, 2.24) is 4.98 Å². The smallest absolute Gasteiger partial charge is 0.181 e. The molecule has 1 aromatic heterocycles. The van der Waals surface area contributed by atoms with Gasteiger partial charge in [0.05, 0.1) is 13.2 Å². The minimum Gasteiger partial charge on any atom is -0.443 e. The molecule has 1 aliphatic carbocycles. The number of benzene rings is 1. The molecule has 1 saturated carbocycles. The van der Waals surface area contributed by atoms with Crippen molar-refractivity contribution in [3.8, 4) is 0 Å². The van der Waals surface area contributed by atoms with Crippen molar-refractivity contribution in [1.29, 1.82) is 0 Å². The van der Waals surface area contributed by atoms with E-state index in [0.29, 0.717) is 13.2 Å². The Morgan fingerprint density at radius 1 is 1.26 bits per heavy atom. The topological polar surface area (TPSA) is 55.5 Å². The molecule has 1 aliphatic heterocycles. The number of nitrogens with zero attached hydrogens (tertiary/aromatic N) is 1. The molecular formula is C15H17NO3. The summed E-state index contributed by atoms with van der Waals surface area (Å²) in [6, 6.07) is 6.18. The predicted molar refractivity (Wildman–Crippen MR) is 69.9 cm³/mol. The van der Waals surface area contributed by atoms with Gasteiger partial charge in [0.25, 0.3) is 0 Å². The van der Waals surface area contributed by atoms with Gasteiger partial charge < -0.3 is 14.3 Å². The molecule has 0 unspecified atom stereocenters. The fourth-order valence-electron chi connectivity index (χ4n) is 3.63. The van der Waals surface area contributed by atoms with E-state index >= 15 is 0 Å². The van der Waals surface area contributed by atoms with Crippen molar-refractivity contribution in [2.45, 2.75) is 24.7 Å². The quantitative estimate of drug-likeness (QED) is 0.918. The second-order valence-corrected chi connectivity index (χ2v) is 5.90. The van der Waals surface area contributed by atoms with Crippen LogP contribution in [-0.4, -0.2) is 29.9 Å². The van der Waals surface area contributed by atoms with Crippen LogP contribution in [0.5, 0.6) is 0 Å². The summed E-state index contributed by atoms with van der Waals surface area (Å²) in [6.07, 6.45) is 4.85. The van der Waals surface area contributed by atoms with Crippen molar-refractivity contribution < 1.29 is 14.3 Å². The van der Waals surface area contributed by atoms with Crippen LogP contribution in [0.1, 0.15) is 24.8 Å². The lowest BCUT2D eigenvalue weighted by Crippen LogP contribution is -2.63. The molecule has 4 heteroatoms. The molecule has 0 amide bonds. The minimum absolute atomic E-state index is 0.00104. The van der Waals surface area contributed by atoms with E-state index in [9.17, 15) is 5.11 Å². The van der Waals surface area contributed by atoms with Crippen LogP contribution < -0.4 is 0 Å². The zero-order chi connectivity index (χ0) is 12.9. The maximum atomic E-state index is 9.88. The van der Waals surface area contributed by atoms with Crippen molar-refractivity contribution in [2.75, 3.05) is 19.8 Å². The summed E-state index contributed by atoms with van der Waals surface area (Å²) in [4.78, 5) is 4.15. The number of hydrogen-bond donors (Lipinski definition) is 1. The first-order valence-corrected chi connectivity index (χ1v) is 6.82. The van der Waals surface area contributed by atoms with Gasteiger partial charge >= 0.3 is 0 Å². The van der Waals surface area contributed by atoms with Crippen molar-refractivity contribution >= 4 is 11.1 Å². The Morgan fingerprint density at radius 3 is 2.68 bits per heavy atom. The fraction of sp³-hybridized carbons (Fsp3) is 0.533. The largest absolute Gasteiger partial charge is 0.443 e. The third-order valence-corrected chi connectivity index (χ3v) is 5.21. The van der Waals surface area contributed by atoms with E-state index in [4.69, 9.17) is 9.15 Å². The molecule has 2 aliphatic rings. The van der Waals surface area contributed by atoms with Gasteiger partial charge in [-0.05, 0) is 30.5 Å². The fourth-order valence-corrected chi connectivity index (χ4v) is 3.63. The first-order valence-electron chi connectivity index (χ1n) is 6.82. The molecule has 4 rings (SSSR count). The summed E-state index contributed by atoms with van der Waals surface area (Å²) in [5.41, 5.74) is 2.87. The maximum Gasteiger partial charge on any atom is 0.181 e. The molecule has 19 heavy (non-hydrogen) atoms. The molecule has 0 spiro atoms. The Labute approximate surface area is 111 Å². The van der Waals surface area contributed by atoms with Crippen molar-refractivity contribution in [3.05, 3.63) is 30.2 Å². The number of aliphatic hydroxyl groups is 1. The van der Waals surface area contributed by atoms with Gasteiger partial charge in [-0.2, -0.15) is 0 Å². The number of aliphatic hydroxyl groups excluding tert-OH is 1. The number of rotatable bonds is 3. The van der Waals surface area contributed by atoms with Crippen molar-refractivity contribution in [3.63, 3.8) is 0 Å². The molecule has 1 saturated heterocycles. The van der Waals surface area contributed by atoms with Crippen LogP contribution >= 0.6 is 0 Å². The van der Waals surface area contributed by atoms with E-state index in [1.807, 2.05) is 6.07 Å². The molecule has 1 aromatic carbocycles. The molecule has 0 bridgehead atoms. The molecule has 100 valence electrons. The lowest BCUT2D eigenvalue weighted by molar-refractivity contribution is -0.173. The standard InChI is InChI=1S/C15H17NO3/c17-7-14(4-1-5-14)15(8-18-9-15)11-2-3-12-13(6-11)19-10-16-12/h2-3,6,10,17H,1,4-5,7-9H2. The zero-order valence-corrected chi connectivity index (χ0v) is 10.8. The number of hydrogen-bond acceptors (Lipinski definition) is 4. The molecule has 2 aromatic rings. The highest BCUT2D eigenvalue weighted by atomic mass is 16.5. The highest BCUT2D eigenvalue weighted by Crippen LogP contribution is 2.58. The Bertz CT molecular complexity index is 605. The lowest BCUT2D eigenvalue weighted by Gasteiger charge is -2.59. The SMILES string of the molecule is OCC1(C2(c3ccc4ncoc4c3)COC2)CCC1. The van der Waals surface area contributed by atoms with Gasteiger partial charge in [0.2, 0.25) is 0 Å².